The van der Waals surface area contributed by atoms with Crippen LogP contribution in [-0.4, -0.2) is 29.2 Å². The smallest absolute Gasteiger partial charge is 0.233 e. The normalized spacial score (nSPS) is 24.3. The lowest BCUT2D eigenvalue weighted by Gasteiger charge is -2.19. The SMILES string of the molecule is N#Cc1c(NC(=O)CCN2C(=O)[C@H]3CCCC[C@H]3C2=O)sc2c1CCCCC2. The summed E-state index contributed by atoms with van der Waals surface area (Å²) in [6.07, 6.45) is 8.85. The molecule has 1 aromatic heterocycles. The molecule has 0 bridgehead atoms. The molecule has 1 aromatic rings. The molecule has 7 heteroatoms. The van der Waals surface area contributed by atoms with Crippen LogP contribution in [0, 0.1) is 23.2 Å². The van der Waals surface area contributed by atoms with E-state index in [0.717, 1.165) is 56.9 Å². The molecule has 1 saturated carbocycles. The number of nitrogens with one attached hydrogen (secondary N) is 1. The summed E-state index contributed by atoms with van der Waals surface area (Å²) >= 11 is 1.50. The van der Waals surface area contributed by atoms with Gasteiger partial charge in [-0.25, -0.2) is 0 Å². The van der Waals surface area contributed by atoms with Crippen molar-refractivity contribution in [3.8, 4) is 6.07 Å². The van der Waals surface area contributed by atoms with E-state index in [-0.39, 0.29) is 42.5 Å². The van der Waals surface area contributed by atoms with Crippen LogP contribution in [0.4, 0.5) is 5.00 Å². The maximum atomic E-state index is 12.5. The fraction of sp³-hybridized carbons (Fsp3) is 0.619. The van der Waals surface area contributed by atoms with Crippen LogP contribution in [0.15, 0.2) is 0 Å². The lowest BCUT2D eigenvalue weighted by atomic mass is 9.81. The fourth-order valence-electron chi connectivity index (χ4n) is 4.80. The fourth-order valence-corrected chi connectivity index (χ4v) is 6.06. The molecule has 2 atom stereocenters. The first-order valence-electron chi connectivity index (χ1n) is 10.3. The monoisotopic (exact) mass is 399 g/mol. The van der Waals surface area contributed by atoms with Crippen LogP contribution in [-0.2, 0) is 27.2 Å². The number of thiophene rings is 1. The molecule has 2 fully saturated rings. The highest BCUT2D eigenvalue weighted by Crippen LogP contribution is 2.39. The molecular formula is C21H25N3O3S. The standard InChI is InChI=1S/C21H25N3O3S/c22-12-16-13-6-2-1-3-9-17(13)28-19(16)23-18(25)10-11-24-20(26)14-7-4-5-8-15(14)21(24)27/h14-15H,1-11H2,(H,23,25)/t14-,15+. The van der Waals surface area contributed by atoms with Crippen LogP contribution in [0.2, 0.25) is 0 Å². The number of fused-ring (bicyclic) bond motifs is 2. The maximum absolute atomic E-state index is 12.5. The molecule has 1 N–H and O–H groups in total. The highest BCUT2D eigenvalue weighted by Gasteiger charge is 2.47. The van der Waals surface area contributed by atoms with Crippen molar-refractivity contribution in [2.75, 3.05) is 11.9 Å². The summed E-state index contributed by atoms with van der Waals surface area (Å²) in [5, 5.41) is 13.0. The second kappa shape index (κ2) is 8.04. The molecule has 2 aliphatic carbocycles. The van der Waals surface area contributed by atoms with Gasteiger partial charge >= 0.3 is 0 Å². The van der Waals surface area contributed by atoms with Crippen LogP contribution in [0.3, 0.4) is 0 Å². The van der Waals surface area contributed by atoms with Gasteiger partial charge < -0.3 is 5.32 Å². The number of hydrogen-bond acceptors (Lipinski definition) is 5. The zero-order valence-electron chi connectivity index (χ0n) is 16.0. The van der Waals surface area contributed by atoms with Crippen molar-refractivity contribution in [3.05, 3.63) is 16.0 Å². The average Bonchev–Trinajstić information content (AvgIpc) is 3.02. The molecule has 3 amide bonds. The summed E-state index contributed by atoms with van der Waals surface area (Å²) in [4.78, 5) is 40.0. The van der Waals surface area contributed by atoms with Crippen molar-refractivity contribution in [2.45, 2.75) is 64.2 Å². The molecule has 6 nitrogen and oxygen atoms in total. The van der Waals surface area contributed by atoms with Gasteiger partial charge in [0.2, 0.25) is 17.7 Å². The van der Waals surface area contributed by atoms with Crippen LogP contribution >= 0.6 is 11.3 Å². The molecular weight excluding hydrogens is 374 g/mol. The second-order valence-electron chi connectivity index (χ2n) is 8.00. The maximum Gasteiger partial charge on any atom is 0.233 e. The van der Waals surface area contributed by atoms with E-state index in [4.69, 9.17) is 0 Å². The highest BCUT2D eigenvalue weighted by atomic mass is 32.1. The van der Waals surface area contributed by atoms with E-state index in [1.807, 2.05) is 0 Å². The van der Waals surface area contributed by atoms with Gasteiger partial charge in [0.1, 0.15) is 11.1 Å². The first-order chi connectivity index (χ1) is 13.6. The average molecular weight is 400 g/mol. The number of carbonyl (C=O) groups is 3. The van der Waals surface area contributed by atoms with E-state index >= 15 is 0 Å². The molecule has 1 saturated heterocycles. The summed E-state index contributed by atoms with van der Waals surface area (Å²) < 4.78 is 0. The Morgan fingerprint density at radius 1 is 1.07 bits per heavy atom. The van der Waals surface area contributed by atoms with Gasteiger partial charge in [0.25, 0.3) is 0 Å². The molecule has 0 radical (unpaired) electrons. The van der Waals surface area contributed by atoms with E-state index in [2.05, 4.69) is 11.4 Å². The number of likely N-dealkylation sites (tertiary alicyclic amines) is 1. The van der Waals surface area contributed by atoms with Gasteiger partial charge in [-0.05, 0) is 44.1 Å². The first kappa shape index (κ1) is 19.1. The molecule has 0 unspecified atom stereocenters. The van der Waals surface area contributed by atoms with Crippen molar-refractivity contribution < 1.29 is 14.4 Å². The molecule has 148 valence electrons. The van der Waals surface area contributed by atoms with Crippen LogP contribution in [0.25, 0.3) is 0 Å². The zero-order valence-corrected chi connectivity index (χ0v) is 16.8. The summed E-state index contributed by atoms with van der Waals surface area (Å²) in [6.45, 7) is 0.128. The number of nitriles is 1. The number of anilines is 1. The van der Waals surface area contributed by atoms with Crippen molar-refractivity contribution >= 4 is 34.1 Å². The largest absolute Gasteiger partial charge is 0.317 e. The van der Waals surface area contributed by atoms with Gasteiger partial charge in [-0.3, -0.25) is 19.3 Å². The van der Waals surface area contributed by atoms with E-state index in [9.17, 15) is 19.6 Å². The third-order valence-corrected chi connectivity index (χ3v) is 7.49. The van der Waals surface area contributed by atoms with Gasteiger partial charge in [0, 0.05) is 17.8 Å². The summed E-state index contributed by atoms with van der Waals surface area (Å²) in [5.41, 5.74) is 1.68. The Bertz CT molecular complexity index is 830. The van der Waals surface area contributed by atoms with Crippen molar-refractivity contribution in [1.29, 1.82) is 5.26 Å². The Hall–Kier alpha value is -2.20. The van der Waals surface area contributed by atoms with Gasteiger partial charge in [-0.1, -0.05) is 19.3 Å². The van der Waals surface area contributed by atoms with Crippen molar-refractivity contribution in [3.63, 3.8) is 0 Å². The van der Waals surface area contributed by atoms with E-state index in [1.54, 1.807) is 0 Å². The number of imide groups is 1. The van der Waals surface area contributed by atoms with Gasteiger partial charge in [-0.2, -0.15) is 5.26 Å². The third kappa shape index (κ3) is 3.46. The lowest BCUT2D eigenvalue weighted by Crippen LogP contribution is -2.34. The lowest BCUT2D eigenvalue weighted by molar-refractivity contribution is -0.140. The molecule has 4 rings (SSSR count). The first-order valence-corrected chi connectivity index (χ1v) is 11.1. The number of carbonyl (C=O) groups excluding carboxylic acids is 3. The molecule has 0 spiro atoms. The highest BCUT2D eigenvalue weighted by molar-refractivity contribution is 7.16. The van der Waals surface area contributed by atoms with Crippen LogP contribution < -0.4 is 5.32 Å². The van der Waals surface area contributed by atoms with E-state index < -0.39 is 0 Å². The minimum atomic E-state index is -0.247. The number of hydrogen-bond donors (Lipinski definition) is 1. The Morgan fingerprint density at radius 2 is 1.75 bits per heavy atom. The molecule has 3 aliphatic rings. The third-order valence-electron chi connectivity index (χ3n) is 6.28. The Balaban J connectivity index is 1.40. The topological polar surface area (TPSA) is 90.3 Å². The Morgan fingerprint density at radius 3 is 2.43 bits per heavy atom. The molecule has 28 heavy (non-hydrogen) atoms. The van der Waals surface area contributed by atoms with E-state index in [1.165, 1.54) is 27.5 Å². The van der Waals surface area contributed by atoms with Crippen LogP contribution in [0.5, 0.6) is 0 Å². The number of aryl methyl sites for hydroxylation is 1. The Labute approximate surface area is 168 Å². The van der Waals surface area contributed by atoms with Gasteiger partial charge in [-0.15, -0.1) is 11.3 Å². The summed E-state index contributed by atoms with van der Waals surface area (Å²) in [7, 11) is 0. The molecule has 0 aromatic carbocycles. The Kier molecular flexibility index (Phi) is 5.49. The quantitative estimate of drug-likeness (QED) is 0.621. The van der Waals surface area contributed by atoms with E-state index in [0.29, 0.717) is 10.6 Å². The van der Waals surface area contributed by atoms with Gasteiger partial charge in [0.05, 0.1) is 17.4 Å². The van der Waals surface area contributed by atoms with Crippen molar-refractivity contribution in [2.24, 2.45) is 11.8 Å². The summed E-state index contributed by atoms with van der Waals surface area (Å²) in [6, 6.07) is 2.26. The predicted molar refractivity (Wildman–Crippen MR) is 106 cm³/mol. The summed E-state index contributed by atoms with van der Waals surface area (Å²) in [5.74, 6) is -0.820. The van der Waals surface area contributed by atoms with Gasteiger partial charge in [0.15, 0.2) is 0 Å². The number of rotatable bonds is 4. The van der Waals surface area contributed by atoms with Crippen LogP contribution in [0.1, 0.15) is 67.4 Å². The zero-order chi connectivity index (χ0) is 19.7. The van der Waals surface area contributed by atoms with Crippen molar-refractivity contribution in [1.82, 2.24) is 4.90 Å². The number of amides is 3. The minimum Gasteiger partial charge on any atom is -0.317 e. The minimum absolute atomic E-state index is 0.0738. The predicted octanol–water partition coefficient (Wildman–Crippen LogP) is 3.39. The molecule has 2 heterocycles. The second-order valence-corrected chi connectivity index (χ2v) is 9.11. The molecule has 1 aliphatic heterocycles. The number of nitrogens with zero attached hydrogens (tertiary/aromatic N) is 2.